The topological polar surface area (TPSA) is 45.1 Å². The van der Waals surface area contributed by atoms with Crippen LogP contribution in [0.5, 0.6) is 0 Å². The predicted octanol–water partition coefficient (Wildman–Crippen LogP) is 5.83. The van der Waals surface area contributed by atoms with E-state index >= 15 is 0 Å². The summed E-state index contributed by atoms with van der Waals surface area (Å²) in [5.41, 5.74) is 1.05. The van der Waals surface area contributed by atoms with Crippen molar-refractivity contribution in [1.29, 1.82) is 0 Å². The fourth-order valence-electron chi connectivity index (χ4n) is 8.36. The van der Waals surface area contributed by atoms with Crippen LogP contribution in [0, 0.1) is 34.0 Å². The van der Waals surface area contributed by atoms with Crippen LogP contribution < -0.4 is 0 Å². The zero-order valence-electron chi connectivity index (χ0n) is 20.9. The number of fused-ring (bicyclic) bond motifs is 5. The van der Waals surface area contributed by atoms with E-state index in [1.807, 2.05) is 20.2 Å². The normalized spacial score (nSPS) is 44.3. The summed E-state index contributed by atoms with van der Waals surface area (Å²) in [5.74, 6) is 2.66. The van der Waals surface area contributed by atoms with Gasteiger partial charge in [-0.3, -0.25) is 0 Å². The molecule has 0 radical (unpaired) electrons. The molecule has 7 atom stereocenters. The van der Waals surface area contributed by atoms with Crippen molar-refractivity contribution in [1.82, 2.24) is 4.90 Å². The molecular formula is C28H46N2O2. The molecule has 32 heavy (non-hydrogen) atoms. The first kappa shape index (κ1) is 24.0. The number of allylic oxidation sites excluding steroid dienone is 4. The molecule has 4 saturated carbocycles. The molecule has 1 N–H and O–H groups in total. The van der Waals surface area contributed by atoms with Crippen molar-refractivity contribution in [2.45, 2.75) is 84.2 Å². The molecule has 0 unspecified atom stereocenters. The van der Waals surface area contributed by atoms with E-state index in [0.29, 0.717) is 17.4 Å². The minimum Gasteiger partial charge on any atom is -0.394 e. The Morgan fingerprint density at radius 1 is 0.969 bits per heavy atom. The lowest BCUT2D eigenvalue weighted by molar-refractivity contribution is -0.153. The smallest absolute Gasteiger partial charge is 0.129 e. The number of likely N-dealkylation sites (N-methyl/N-ethyl adjacent to an activating group) is 1. The van der Waals surface area contributed by atoms with Gasteiger partial charge in [0.1, 0.15) is 6.61 Å². The lowest BCUT2D eigenvalue weighted by Gasteiger charge is -2.65. The van der Waals surface area contributed by atoms with Gasteiger partial charge < -0.3 is 14.8 Å². The highest BCUT2D eigenvalue weighted by atomic mass is 16.6. The lowest BCUT2D eigenvalue weighted by atomic mass is 9.40. The van der Waals surface area contributed by atoms with Gasteiger partial charge >= 0.3 is 0 Å². The average molecular weight is 443 g/mol. The zero-order valence-corrected chi connectivity index (χ0v) is 20.9. The Balaban J connectivity index is 1.46. The lowest BCUT2D eigenvalue weighted by Crippen LogP contribution is -2.58. The molecule has 0 amide bonds. The number of nitrogens with zero attached hydrogens (tertiary/aromatic N) is 2. The molecule has 0 spiro atoms. The van der Waals surface area contributed by atoms with Crippen molar-refractivity contribution < 1.29 is 9.94 Å². The monoisotopic (exact) mass is 442 g/mol. The van der Waals surface area contributed by atoms with Crippen LogP contribution in [0.1, 0.15) is 78.1 Å². The molecule has 4 fully saturated rings. The second-order valence-corrected chi connectivity index (χ2v) is 12.1. The first-order valence-corrected chi connectivity index (χ1v) is 13.1. The summed E-state index contributed by atoms with van der Waals surface area (Å²) < 4.78 is 0. The number of hydrogen-bond acceptors (Lipinski definition) is 4. The number of rotatable bonds is 7. The minimum atomic E-state index is -0.153. The molecule has 4 rings (SSSR count). The summed E-state index contributed by atoms with van der Waals surface area (Å²) in [4.78, 5) is 7.36. The summed E-state index contributed by atoms with van der Waals surface area (Å²) in [5, 5.41) is 14.7. The van der Waals surface area contributed by atoms with Crippen molar-refractivity contribution in [2.75, 3.05) is 27.2 Å². The second-order valence-electron chi connectivity index (χ2n) is 12.1. The van der Waals surface area contributed by atoms with Gasteiger partial charge in [0.25, 0.3) is 0 Å². The number of oxime groups is 1. The molecule has 0 aromatic heterocycles. The summed E-state index contributed by atoms with van der Waals surface area (Å²) in [6.07, 6.45) is 23.1. The van der Waals surface area contributed by atoms with Crippen LogP contribution in [0.4, 0.5) is 0 Å². The molecule has 0 aromatic rings. The van der Waals surface area contributed by atoms with Gasteiger partial charge in [-0.05, 0) is 112 Å². The van der Waals surface area contributed by atoms with Crippen molar-refractivity contribution in [3.05, 3.63) is 24.3 Å². The molecule has 0 aliphatic heterocycles. The summed E-state index contributed by atoms with van der Waals surface area (Å²) in [7, 11) is 4.06. The third-order valence-corrected chi connectivity index (χ3v) is 10.2. The fraction of sp³-hybridized carbons (Fsp3) is 0.821. The first-order chi connectivity index (χ1) is 15.3. The molecule has 180 valence electrons. The highest BCUT2D eigenvalue weighted by Gasteiger charge is 2.62. The van der Waals surface area contributed by atoms with Gasteiger partial charge in [0.15, 0.2) is 0 Å². The molecule has 4 nitrogen and oxygen atoms in total. The summed E-state index contributed by atoms with van der Waals surface area (Å²) in [6.45, 7) is 6.65. The van der Waals surface area contributed by atoms with Crippen LogP contribution >= 0.6 is 0 Å². The highest BCUT2D eigenvalue weighted by Crippen LogP contribution is 2.70. The predicted molar refractivity (Wildman–Crippen MR) is 133 cm³/mol. The molecule has 0 heterocycles. The fourth-order valence-corrected chi connectivity index (χ4v) is 8.36. The van der Waals surface area contributed by atoms with Crippen LogP contribution in [-0.2, 0) is 4.84 Å². The Labute approximate surface area is 196 Å². The molecule has 4 aliphatic rings. The SMILES string of the molecule is CN(C)CCO/N=C/C=C/C=C/[C@]12CC[C@H]3[C@@H]4CCC[C@@]4(C)CC[C@@H]3[C@@]1(C)CC[C@H](O)C2. The Bertz CT molecular complexity index is 731. The van der Waals surface area contributed by atoms with E-state index in [2.05, 4.69) is 42.1 Å². The Morgan fingerprint density at radius 2 is 1.81 bits per heavy atom. The van der Waals surface area contributed by atoms with Gasteiger partial charge in [0.05, 0.1) is 12.3 Å². The van der Waals surface area contributed by atoms with Gasteiger partial charge in [0.2, 0.25) is 0 Å². The van der Waals surface area contributed by atoms with E-state index in [1.165, 1.54) is 51.4 Å². The van der Waals surface area contributed by atoms with Crippen LogP contribution in [0.3, 0.4) is 0 Å². The van der Waals surface area contributed by atoms with E-state index in [-0.39, 0.29) is 11.5 Å². The van der Waals surface area contributed by atoms with Crippen molar-refractivity contribution in [3.63, 3.8) is 0 Å². The number of aliphatic hydroxyl groups excluding tert-OH is 1. The van der Waals surface area contributed by atoms with Gasteiger partial charge in [-0.1, -0.05) is 43.7 Å². The molecule has 0 aromatic carbocycles. The Kier molecular flexibility index (Phi) is 7.22. The van der Waals surface area contributed by atoms with E-state index in [4.69, 9.17) is 4.84 Å². The molecule has 0 bridgehead atoms. The van der Waals surface area contributed by atoms with E-state index in [1.54, 1.807) is 6.21 Å². The minimum absolute atomic E-state index is 0.127. The van der Waals surface area contributed by atoms with E-state index in [0.717, 1.165) is 37.1 Å². The third-order valence-electron chi connectivity index (χ3n) is 10.2. The molecule has 4 heteroatoms. The third kappa shape index (κ3) is 4.46. The van der Waals surface area contributed by atoms with Crippen molar-refractivity contribution in [2.24, 2.45) is 39.2 Å². The van der Waals surface area contributed by atoms with Crippen LogP contribution in [-0.4, -0.2) is 49.6 Å². The largest absolute Gasteiger partial charge is 0.394 e. The van der Waals surface area contributed by atoms with Crippen molar-refractivity contribution >= 4 is 6.21 Å². The number of aliphatic hydroxyl groups is 1. The standard InChI is InChI=1S/C28H46N2O2/c1-26-13-8-9-24(26)23-11-17-28(14-6-5-7-18-29-32-20-19-30(3)4)21-22(31)10-16-27(28,2)25(23)12-15-26/h5-7,14,18,22-25,31H,8-13,15-17,19-21H2,1-4H3/b7-5+,14-6+,29-18+/t22-,23-,24-,25-,26-,27+,28+/m0/s1. The average Bonchev–Trinajstić information content (AvgIpc) is 3.15. The molecular weight excluding hydrogens is 396 g/mol. The second kappa shape index (κ2) is 9.62. The number of hydrogen-bond donors (Lipinski definition) is 1. The van der Waals surface area contributed by atoms with E-state index in [9.17, 15) is 5.11 Å². The Morgan fingerprint density at radius 3 is 2.62 bits per heavy atom. The van der Waals surface area contributed by atoms with Gasteiger partial charge in [-0.2, -0.15) is 0 Å². The summed E-state index contributed by atoms with van der Waals surface area (Å²) >= 11 is 0. The maximum absolute atomic E-state index is 10.7. The van der Waals surface area contributed by atoms with Gasteiger partial charge in [-0.25, -0.2) is 0 Å². The van der Waals surface area contributed by atoms with Crippen molar-refractivity contribution in [3.8, 4) is 0 Å². The van der Waals surface area contributed by atoms with Gasteiger partial charge in [-0.15, -0.1) is 0 Å². The molecule has 4 aliphatic carbocycles. The van der Waals surface area contributed by atoms with Crippen LogP contribution in [0.15, 0.2) is 29.5 Å². The van der Waals surface area contributed by atoms with Crippen LogP contribution in [0.25, 0.3) is 0 Å². The van der Waals surface area contributed by atoms with Crippen LogP contribution in [0.2, 0.25) is 0 Å². The highest BCUT2D eigenvalue weighted by molar-refractivity contribution is 5.70. The first-order valence-electron chi connectivity index (χ1n) is 13.1. The zero-order chi connectivity index (χ0) is 22.8. The Hall–Kier alpha value is -1.13. The summed E-state index contributed by atoms with van der Waals surface area (Å²) in [6, 6.07) is 0. The maximum Gasteiger partial charge on any atom is 0.129 e. The molecule has 0 saturated heterocycles. The van der Waals surface area contributed by atoms with E-state index < -0.39 is 0 Å². The maximum atomic E-state index is 10.7. The van der Waals surface area contributed by atoms with Gasteiger partial charge in [0, 0.05) is 6.54 Å². The quantitative estimate of drug-likeness (QED) is 0.234.